The van der Waals surface area contributed by atoms with Gasteiger partial charge in [0, 0.05) is 13.1 Å². The van der Waals surface area contributed by atoms with Crippen LogP contribution in [-0.2, 0) is 16.1 Å². The lowest BCUT2D eigenvalue weighted by Gasteiger charge is -2.29. The van der Waals surface area contributed by atoms with Gasteiger partial charge in [-0.25, -0.2) is 4.98 Å². The third-order valence-electron chi connectivity index (χ3n) is 3.76. The van der Waals surface area contributed by atoms with Crippen molar-refractivity contribution in [2.24, 2.45) is 0 Å². The van der Waals surface area contributed by atoms with E-state index in [1.54, 1.807) is 7.05 Å². The van der Waals surface area contributed by atoms with Crippen LogP contribution in [0.1, 0.15) is 6.92 Å². The average molecular weight is 350 g/mol. The number of nitrogens with one attached hydrogen (secondary N) is 1. The zero-order valence-corrected chi connectivity index (χ0v) is 14.1. The molecule has 0 radical (unpaired) electrons. The van der Waals surface area contributed by atoms with Crippen molar-refractivity contribution < 1.29 is 14.7 Å². The fourth-order valence-corrected chi connectivity index (χ4v) is 2.47. The molecule has 0 saturated carbocycles. The van der Waals surface area contributed by atoms with Crippen molar-refractivity contribution in [1.29, 1.82) is 0 Å². The Labute approximate surface area is 144 Å². The van der Waals surface area contributed by atoms with Gasteiger partial charge in [-0.2, -0.15) is 9.97 Å². The van der Waals surface area contributed by atoms with Gasteiger partial charge in [0.1, 0.15) is 18.1 Å². The monoisotopic (exact) mass is 350 g/mol. The molecule has 11 heteroatoms. The number of aliphatic hydroxyl groups excluding tert-OH is 1. The summed E-state index contributed by atoms with van der Waals surface area (Å²) >= 11 is 0. The summed E-state index contributed by atoms with van der Waals surface area (Å²) in [6.07, 6.45) is 1.41. The van der Waals surface area contributed by atoms with E-state index in [4.69, 9.17) is 11.5 Å². The maximum atomic E-state index is 12.7. The molecule has 0 aliphatic carbocycles. The first kappa shape index (κ1) is 18.5. The van der Waals surface area contributed by atoms with Crippen molar-refractivity contribution in [3.05, 3.63) is 6.33 Å². The number of nitrogens with zero attached hydrogens (tertiary/aromatic N) is 5. The molecule has 0 aliphatic rings. The van der Waals surface area contributed by atoms with Crippen molar-refractivity contribution in [2.75, 3.05) is 38.2 Å². The Morgan fingerprint density at radius 2 is 2.12 bits per heavy atom. The lowest BCUT2D eigenvalue weighted by atomic mass is 10.1. The van der Waals surface area contributed by atoms with Gasteiger partial charge >= 0.3 is 0 Å². The van der Waals surface area contributed by atoms with E-state index in [1.165, 1.54) is 22.7 Å². The highest BCUT2D eigenvalue weighted by molar-refractivity contribution is 5.89. The van der Waals surface area contributed by atoms with Crippen molar-refractivity contribution in [1.82, 2.24) is 29.7 Å². The van der Waals surface area contributed by atoms with E-state index in [-0.39, 0.29) is 36.5 Å². The van der Waals surface area contributed by atoms with Gasteiger partial charge in [0.2, 0.25) is 11.9 Å². The zero-order chi connectivity index (χ0) is 18.6. The van der Waals surface area contributed by atoms with E-state index in [2.05, 4.69) is 20.3 Å². The molecule has 1 atom stereocenters. The highest BCUT2D eigenvalue weighted by Crippen LogP contribution is 2.17. The number of aromatic nitrogens is 4. The summed E-state index contributed by atoms with van der Waals surface area (Å²) in [5, 5.41) is 12.4. The average Bonchev–Trinajstić information content (AvgIpc) is 2.94. The molecule has 2 aromatic rings. The highest BCUT2D eigenvalue weighted by Gasteiger charge is 2.27. The largest absolute Gasteiger partial charge is 0.394 e. The number of aliphatic hydroxyl groups is 1. The molecule has 1 amide bonds. The van der Waals surface area contributed by atoms with Gasteiger partial charge in [-0.05, 0) is 14.0 Å². The fraction of sp³-hybridized carbons (Fsp3) is 0.500. The topological polar surface area (TPSA) is 165 Å². The van der Waals surface area contributed by atoms with Crippen LogP contribution in [-0.4, -0.2) is 74.0 Å². The summed E-state index contributed by atoms with van der Waals surface area (Å²) in [5.41, 5.74) is 12.0. The Balaban J connectivity index is 2.30. The van der Waals surface area contributed by atoms with Crippen molar-refractivity contribution in [2.45, 2.75) is 19.5 Å². The van der Waals surface area contributed by atoms with E-state index in [0.29, 0.717) is 17.7 Å². The molecule has 0 unspecified atom stereocenters. The molecular weight excluding hydrogens is 328 g/mol. The summed E-state index contributed by atoms with van der Waals surface area (Å²) in [6, 6.07) is -0.902. The first-order valence-electron chi connectivity index (χ1n) is 7.68. The first-order chi connectivity index (χ1) is 11.9. The van der Waals surface area contributed by atoms with Crippen LogP contribution >= 0.6 is 0 Å². The molecule has 0 bridgehead atoms. The van der Waals surface area contributed by atoms with Crippen LogP contribution in [0.4, 0.5) is 11.8 Å². The van der Waals surface area contributed by atoms with Crippen LogP contribution in [0.5, 0.6) is 0 Å². The fourth-order valence-electron chi connectivity index (χ4n) is 2.47. The third kappa shape index (κ3) is 4.00. The zero-order valence-electron chi connectivity index (χ0n) is 14.1. The second-order valence-corrected chi connectivity index (χ2v) is 5.51. The lowest BCUT2D eigenvalue weighted by Crippen LogP contribution is -2.49. The van der Waals surface area contributed by atoms with Gasteiger partial charge in [-0.3, -0.25) is 9.59 Å². The summed E-state index contributed by atoms with van der Waals surface area (Å²) in [7, 11) is 1.73. The number of carbonyl (C=O) groups is 2. The minimum atomic E-state index is -0.902. The van der Waals surface area contributed by atoms with Crippen LogP contribution in [0.2, 0.25) is 0 Å². The van der Waals surface area contributed by atoms with Crippen LogP contribution < -0.4 is 16.8 Å². The van der Waals surface area contributed by atoms with Crippen molar-refractivity contribution in [3.63, 3.8) is 0 Å². The number of nitrogens with two attached hydrogens (primary N) is 2. The summed E-state index contributed by atoms with van der Waals surface area (Å²) < 4.78 is 1.48. The van der Waals surface area contributed by atoms with E-state index < -0.39 is 12.6 Å². The van der Waals surface area contributed by atoms with Crippen molar-refractivity contribution >= 4 is 34.6 Å². The number of rotatable bonds is 8. The second-order valence-electron chi connectivity index (χ2n) is 5.51. The number of amides is 1. The van der Waals surface area contributed by atoms with Gasteiger partial charge in [0.05, 0.1) is 12.9 Å². The first-order valence-corrected chi connectivity index (χ1v) is 7.68. The molecule has 0 fully saturated rings. The maximum Gasteiger partial charge on any atom is 0.243 e. The third-order valence-corrected chi connectivity index (χ3v) is 3.76. The van der Waals surface area contributed by atoms with Gasteiger partial charge in [-0.15, -0.1) is 0 Å². The minimum absolute atomic E-state index is 0.0248. The normalized spacial score (nSPS) is 12.3. The van der Waals surface area contributed by atoms with Gasteiger partial charge in [-0.1, -0.05) is 0 Å². The maximum absolute atomic E-state index is 12.7. The van der Waals surface area contributed by atoms with Gasteiger partial charge in [0.15, 0.2) is 17.2 Å². The van der Waals surface area contributed by atoms with E-state index in [0.717, 1.165) is 0 Å². The van der Waals surface area contributed by atoms with Crippen LogP contribution in [0.25, 0.3) is 11.2 Å². The molecule has 11 nitrogen and oxygen atoms in total. The second kappa shape index (κ2) is 7.85. The highest BCUT2D eigenvalue weighted by atomic mass is 16.3. The number of ketones is 1. The molecule has 0 spiro atoms. The molecule has 0 aromatic carbocycles. The molecule has 6 N–H and O–H groups in total. The number of anilines is 2. The Morgan fingerprint density at radius 3 is 2.72 bits per heavy atom. The smallest absolute Gasteiger partial charge is 0.243 e. The number of carbonyl (C=O) groups excluding carboxylic acids is 2. The van der Waals surface area contributed by atoms with Gasteiger partial charge < -0.3 is 31.4 Å². The Bertz CT molecular complexity index is 775. The molecule has 136 valence electrons. The molecule has 0 aliphatic heterocycles. The Morgan fingerprint density at radius 1 is 1.40 bits per heavy atom. The lowest BCUT2D eigenvalue weighted by molar-refractivity contribution is -0.140. The molecule has 2 rings (SSSR count). The molecule has 2 heterocycles. The Kier molecular flexibility index (Phi) is 5.83. The van der Waals surface area contributed by atoms with Crippen LogP contribution in [0, 0.1) is 0 Å². The number of nitrogen functional groups attached to an aromatic ring is 2. The summed E-state index contributed by atoms with van der Waals surface area (Å²) in [6.45, 7) is 1.51. The van der Waals surface area contributed by atoms with E-state index in [1.807, 2.05) is 0 Å². The molecule has 0 saturated heterocycles. The SMILES string of the molecule is CNCCN(C(=O)Cn1cnc2c(N)nc(N)nc21)[C@H](CO)C(C)=O. The quantitative estimate of drug-likeness (QED) is 0.420. The van der Waals surface area contributed by atoms with Crippen molar-refractivity contribution in [3.8, 4) is 0 Å². The molecule has 2 aromatic heterocycles. The number of imidazole rings is 1. The number of likely N-dealkylation sites (N-methyl/N-ethyl adjacent to an activating group) is 1. The number of Topliss-reactive ketones (excluding diaryl/α,β-unsaturated/α-hetero) is 1. The number of hydrogen-bond donors (Lipinski definition) is 4. The molecular formula is C14H22N8O3. The van der Waals surface area contributed by atoms with Crippen LogP contribution in [0.3, 0.4) is 0 Å². The standard InChI is InChI=1S/C14H22N8O3/c1-8(24)9(6-23)22(4-3-17-2)10(25)5-21-7-18-11-12(15)19-14(16)20-13(11)21/h7,9,17,23H,3-6H2,1-2H3,(H4,15,16,19,20)/t9-/m1/s1. The van der Waals surface area contributed by atoms with E-state index in [9.17, 15) is 14.7 Å². The number of fused-ring (bicyclic) bond motifs is 1. The molecule has 25 heavy (non-hydrogen) atoms. The predicted molar refractivity (Wildman–Crippen MR) is 91.3 cm³/mol. The predicted octanol–water partition coefficient (Wildman–Crippen LogP) is -2.01. The number of hydrogen-bond acceptors (Lipinski definition) is 9. The minimum Gasteiger partial charge on any atom is -0.394 e. The van der Waals surface area contributed by atoms with E-state index >= 15 is 0 Å². The summed E-state index contributed by atoms with van der Waals surface area (Å²) in [4.78, 5) is 37.8. The Hall–Kier alpha value is -2.79. The van der Waals surface area contributed by atoms with Crippen LogP contribution in [0.15, 0.2) is 6.33 Å². The van der Waals surface area contributed by atoms with Gasteiger partial charge in [0.25, 0.3) is 0 Å². The summed E-state index contributed by atoms with van der Waals surface area (Å²) in [5.74, 6) is -0.557.